The Hall–Kier alpha value is -1.60. The van der Waals surface area contributed by atoms with Crippen molar-refractivity contribution in [2.75, 3.05) is 0 Å². The topological polar surface area (TPSA) is 65.5 Å². The van der Waals surface area contributed by atoms with Crippen molar-refractivity contribution in [2.24, 2.45) is 0 Å². The number of benzene rings is 1. The van der Waals surface area contributed by atoms with Gasteiger partial charge in [-0.3, -0.25) is 0 Å². The highest BCUT2D eigenvalue weighted by Gasteiger charge is 2.13. The Morgan fingerprint density at radius 1 is 1.58 bits per heavy atom. The van der Waals surface area contributed by atoms with Gasteiger partial charge in [-0.2, -0.15) is 0 Å². The standard InChI is InChI=1S/C7H3ClN2O2/c8-6-3-4(10-9)1-2-5(6)7(11)12/h1-3H/p+1. The predicted octanol–water partition coefficient (Wildman–Crippen LogP) is 2.52. The van der Waals surface area contributed by atoms with Crippen LogP contribution in [0, 0.1) is 5.39 Å². The zero-order chi connectivity index (χ0) is 9.14. The first kappa shape index (κ1) is 8.50. The minimum atomic E-state index is -1.11. The Morgan fingerprint density at radius 3 is 2.67 bits per heavy atom. The molecule has 0 unspecified atom stereocenters. The van der Waals surface area contributed by atoms with Crippen molar-refractivity contribution in [3.8, 4) is 0 Å². The number of nitrogens with zero attached hydrogens (tertiary/aromatic N) is 2. The molecule has 1 rings (SSSR count). The fourth-order valence-corrected chi connectivity index (χ4v) is 0.995. The zero-order valence-electron chi connectivity index (χ0n) is 5.86. The van der Waals surface area contributed by atoms with Crippen molar-refractivity contribution >= 4 is 23.3 Å². The number of aromatic carboxylic acids is 1. The predicted molar refractivity (Wildman–Crippen MR) is 43.2 cm³/mol. The second kappa shape index (κ2) is 3.20. The van der Waals surface area contributed by atoms with Crippen LogP contribution in [0.5, 0.6) is 0 Å². The van der Waals surface area contributed by atoms with Crippen LogP contribution >= 0.6 is 11.6 Å². The van der Waals surface area contributed by atoms with Gasteiger partial charge in [-0.05, 0) is 6.07 Å². The van der Waals surface area contributed by atoms with E-state index >= 15 is 0 Å². The maximum absolute atomic E-state index is 10.4. The molecule has 0 radical (unpaired) electrons. The van der Waals surface area contributed by atoms with Gasteiger partial charge in [0.25, 0.3) is 0 Å². The van der Waals surface area contributed by atoms with Gasteiger partial charge in [-0.15, -0.1) is 0 Å². The van der Waals surface area contributed by atoms with Gasteiger partial charge in [0.2, 0.25) is 5.39 Å². The van der Waals surface area contributed by atoms with Gasteiger partial charge >= 0.3 is 11.7 Å². The summed E-state index contributed by atoms with van der Waals surface area (Å²) in [5.74, 6) is -1.11. The number of carboxylic acid groups (broad SMARTS) is 1. The Balaban J connectivity index is 3.23. The minimum absolute atomic E-state index is 0.0101. The summed E-state index contributed by atoms with van der Waals surface area (Å²) in [7, 11) is 0. The molecule has 0 amide bonds. The highest BCUT2D eigenvalue weighted by molar-refractivity contribution is 6.33. The third-order valence-corrected chi connectivity index (χ3v) is 1.61. The lowest BCUT2D eigenvalue weighted by Gasteiger charge is -1.93. The Bertz CT molecular complexity index is 370. The van der Waals surface area contributed by atoms with E-state index in [-0.39, 0.29) is 16.3 Å². The summed E-state index contributed by atoms with van der Waals surface area (Å²) in [4.78, 5) is 13.3. The summed E-state index contributed by atoms with van der Waals surface area (Å²) in [6.07, 6.45) is 0. The van der Waals surface area contributed by atoms with Crippen LogP contribution in [0.4, 0.5) is 5.69 Å². The number of carbonyl (C=O) groups is 1. The molecule has 0 atom stereocenters. The smallest absolute Gasteiger partial charge is 0.386 e. The third kappa shape index (κ3) is 1.52. The SMILES string of the molecule is N#[N+]c1ccc(C(=O)O)c(Cl)c1. The van der Waals surface area contributed by atoms with Crippen molar-refractivity contribution < 1.29 is 9.90 Å². The van der Waals surface area contributed by atoms with Gasteiger partial charge in [0.15, 0.2) is 4.98 Å². The van der Waals surface area contributed by atoms with Crippen LogP contribution in [0.25, 0.3) is 4.98 Å². The van der Waals surface area contributed by atoms with Crippen LogP contribution in [0.1, 0.15) is 10.4 Å². The molecule has 0 aliphatic carbocycles. The molecule has 0 fully saturated rings. The summed E-state index contributed by atoms with van der Waals surface area (Å²) >= 11 is 5.55. The summed E-state index contributed by atoms with van der Waals surface area (Å²) < 4.78 is 0. The first-order valence-corrected chi connectivity index (χ1v) is 3.41. The Morgan fingerprint density at radius 2 is 2.25 bits per heavy atom. The van der Waals surface area contributed by atoms with Crippen LogP contribution in [0.3, 0.4) is 0 Å². The molecular weight excluding hydrogens is 180 g/mol. The molecule has 0 heterocycles. The zero-order valence-corrected chi connectivity index (χ0v) is 6.62. The number of halogens is 1. The van der Waals surface area contributed by atoms with Crippen molar-refractivity contribution in [2.45, 2.75) is 0 Å². The van der Waals surface area contributed by atoms with E-state index in [9.17, 15) is 4.79 Å². The molecule has 0 saturated carbocycles. The average molecular weight is 184 g/mol. The van der Waals surface area contributed by atoms with Crippen LogP contribution in [-0.4, -0.2) is 11.1 Å². The Labute approximate surface area is 73.0 Å². The maximum atomic E-state index is 10.4. The molecule has 12 heavy (non-hydrogen) atoms. The summed E-state index contributed by atoms with van der Waals surface area (Å²) in [6.45, 7) is 0. The van der Waals surface area contributed by atoms with Crippen LogP contribution in [0.2, 0.25) is 5.02 Å². The van der Waals surface area contributed by atoms with Gasteiger partial charge in [0.1, 0.15) is 0 Å². The van der Waals surface area contributed by atoms with E-state index in [0.717, 1.165) is 0 Å². The molecule has 0 saturated heterocycles. The molecule has 4 nitrogen and oxygen atoms in total. The van der Waals surface area contributed by atoms with Gasteiger partial charge in [-0.1, -0.05) is 11.6 Å². The van der Waals surface area contributed by atoms with E-state index in [1.54, 1.807) is 0 Å². The lowest BCUT2D eigenvalue weighted by Crippen LogP contribution is -1.95. The molecule has 1 aromatic rings. The highest BCUT2D eigenvalue weighted by atomic mass is 35.5. The van der Waals surface area contributed by atoms with Crippen molar-refractivity contribution in [3.05, 3.63) is 33.8 Å². The van der Waals surface area contributed by atoms with E-state index in [2.05, 4.69) is 4.98 Å². The molecule has 0 aliphatic rings. The molecule has 0 spiro atoms. The van der Waals surface area contributed by atoms with E-state index < -0.39 is 5.97 Å². The van der Waals surface area contributed by atoms with Crippen LogP contribution in [0.15, 0.2) is 18.2 Å². The quantitative estimate of drug-likeness (QED) is 0.681. The number of diazo groups is 1. The van der Waals surface area contributed by atoms with Crippen molar-refractivity contribution in [1.29, 1.82) is 5.39 Å². The van der Waals surface area contributed by atoms with E-state index in [1.807, 2.05) is 0 Å². The fourth-order valence-electron chi connectivity index (χ4n) is 0.740. The lowest BCUT2D eigenvalue weighted by atomic mass is 10.2. The number of carboxylic acids is 1. The second-order valence-corrected chi connectivity index (χ2v) is 2.48. The minimum Gasteiger partial charge on any atom is -0.478 e. The van der Waals surface area contributed by atoms with Crippen molar-refractivity contribution in [1.82, 2.24) is 0 Å². The van der Waals surface area contributed by atoms with Gasteiger partial charge in [-0.25, -0.2) is 4.79 Å². The average Bonchev–Trinajstić information content (AvgIpc) is 2.03. The van der Waals surface area contributed by atoms with Crippen LogP contribution in [-0.2, 0) is 0 Å². The molecule has 0 aliphatic heterocycles. The summed E-state index contributed by atoms with van der Waals surface area (Å²) in [5, 5.41) is 16.9. The maximum Gasteiger partial charge on any atom is 0.386 e. The lowest BCUT2D eigenvalue weighted by molar-refractivity contribution is 0.0697. The van der Waals surface area contributed by atoms with Gasteiger partial charge in [0.05, 0.1) is 16.7 Å². The normalized spacial score (nSPS) is 9.00. The number of rotatable bonds is 1. The monoisotopic (exact) mass is 183 g/mol. The molecule has 1 aromatic carbocycles. The van der Waals surface area contributed by atoms with Gasteiger partial charge < -0.3 is 5.11 Å². The first-order valence-electron chi connectivity index (χ1n) is 3.03. The molecule has 5 heteroatoms. The molecule has 0 aromatic heterocycles. The first-order chi connectivity index (χ1) is 5.65. The molecule has 60 valence electrons. The van der Waals surface area contributed by atoms with Crippen molar-refractivity contribution in [3.63, 3.8) is 0 Å². The van der Waals surface area contributed by atoms with E-state index in [1.165, 1.54) is 18.2 Å². The number of hydrogen-bond acceptors (Lipinski definition) is 2. The van der Waals surface area contributed by atoms with E-state index in [4.69, 9.17) is 22.1 Å². The second-order valence-electron chi connectivity index (χ2n) is 2.07. The highest BCUT2D eigenvalue weighted by Crippen LogP contribution is 2.22. The fraction of sp³-hybridized carbons (Fsp3) is 0. The molecule has 1 N–H and O–H groups in total. The van der Waals surface area contributed by atoms with Gasteiger partial charge in [0, 0.05) is 6.07 Å². The van der Waals surface area contributed by atoms with Crippen LogP contribution < -0.4 is 0 Å². The summed E-state index contributed by atoms with van der Waals surface area (Å²) in [6, 6.07) is 3.90. The largest absolute Gasteiger partial charge is 0.478 e. The molecular formula is C7H4ClN2O2+. The molecule has 0 bridgehead atoms. The third-order valence-electron chi connectivity index (χ3n) is 1.30. The summed E-state index contributed by atoms with van der Waals surface area (Å²) in [5.41, 5.74) is 0.217. The Kier molecular flexibility index (Phi) is 2.26. The van der Waals surface area contributed by atoms with E-state index in [0.29, 0.717) is 0 Å². The number of hydrogen-bond donors (Lipinski definition) is 1.